The predicted molar refractivity (Wildman–Crippen MR) is 91.7 cm³/mol. The minimum atomic E-state index is 0.863. The summed E-state index contributed by atoms with van der Waals surface area (Å²) in [6.07, 6.45) is 4.76. The van der Waals surface area contributed by atoms with Crippen LogP contribution in [0.5, 0.6) is 0 Å². The Morgan fingerprint density at radius 3 is 2.14 bits per heavy atom. The first-order valence-corrected chi connectivity index (χ1v) is 7.47. The van der Waals surface area contributed by atoms with E-state index in [2.05, 4.69) is 53.4 Å². The van der Waals surface area contributed by atoms with E-state index in [0.717, 1.165) is 17.8 Å². The molecule has 0 saturated carbocycles. The van der Waals surface area contributed by atoms with Crippen LogP contribution in [0.4, 0.5) is 5.69 Å². The highest BCUT2D eigenvalue weighted by atomic mass is 15.2. The standard InChI is InChI=1S/C19H19N3/c1-3-15-4-6-16(7-5-15)17-8-10-18(11-9-17)20-14-19-12-13-22(2)21-19/h4-14H,3H2,1-2H3. The highest BCUT2D eigenvalue weighted by molar-refractivity contribution is 5.79. The van der Waals surface area contributed by atoms with Gasteiger partial charge in [0.15, 0.2) is 0 Å². The molecular weight excluding hydrogens is 270 g/mol. The molecule has 3 heteroatoms. The third-order valence-electron chi connectivity index (χ3n) is 3.64. The fourth-order valence-corrected chi connectivity index (χ4v) is 2.32. The van der Waals surface area contributed by atoms with Crippen molar-refractivity contribution in [1.82, 2.24) is 9.78 Å². The monoisotopic (exact) mass is 289 g/mol. The average molecular weight is 289 g/mol. The summed E-state index contributed by atoms with van der Waals surface area (Å²) in [5, 5.41) is 4.27. The summed E-state index contributed by atoms with van der Waals surface area (Å²) in [7, 11) is 1.90. The molecule has 0 amide bonds. The number of rotatable bonds is 4. The molecule has 110 valence electrons. The normalized spacial score (nSPS) is 11.2. The van der Waals surface area contributed by atoms with Crippen LogP contribution < -0.4 is 0 Å². The van der Waals surface area contributed by atoms with Crippen molar-refractivity contribution in [1.29, 1.82) is 0 Å². The lowest BCUT2D eigenvalue weighted by Gasteiger charge is -2.03. The third-order valence-corrected chi connectivity index (χ3v) is 3.64. The zero-order chi connectivity index (χ0) is 15.4. The smallest absolute Gasteiger partial charge is 0.103 e. The molecular formula is C19H19N3. The molecule has 0 spiro atoms. The molecule has 0 fully saturated rings. The van der Waals surface area contributed by atoms with E-state index in [1.54, 1.807) is 10.9 Å². The van der Waals surface area contributed by atoms with Gasteiger partial charge >= 0.3 is 0 Å². The van der Waals surface area contributed by atoms with E-state index in [-0.39, 0.29) is 0 Å². The van der Waals surface area contributed by atoms with Gasteiger partial charge in [0.2, 0.25) is 0 Å². The summed E-state index contributed by atoms with van der Waals surface area (Å²) in [5.41, 5.74) is 5.60. The molecule has 3 aromatic rings. The van der Waals surface area contributed by atoms with Gasteiger partial charge in [0.1, 0.15) is 5.69 Å². The minimum Gasteiger partial charge on any atom is -0.275 e. The van der Waals surface area contributed by atoms with Crippen LogP contribution in [-0.2, 0) is 13.5 Å². The van der Waals surface area contributed by atoms with Crippen molar-refractivity contribution in [3.05, 3.63) is 72.1 Å². The SMILES string of the molecule is CCc1ccc(-c2ccc(N=Cc3ccn(C)n3)cc2)cc1. The van der Waals surface area contributed by atoms with Crippen LogP contribution in [0.1, 0.15) is 18.2 Å². The number of aliphatic imine (C=N–C) groups is 1. The maximum atomic E-state index is 4.45. The lowest BCUT2D eigenvalue weighted by Crippen LogP contribution is -1.89. The maximum absolute atomic E-state index is 4.45. The van der Waals surface area contributed by atoms with E-state index in [9.17, 15) is 0 Å². The maximum Gasteiger partial charge on any atom is 0.103 e. The van der Waals surface area contributed by atoms with E-state index in [1.807, 2.05) is 31.4 Å². The third kappa shape index (κ3) is 3.31. The van der Waals surface area contributed by atoms with Gasteiger partial charge in [-0.25, -0.2) is 0 Å². The minimum absolute atomic E-state index is 0.863. The second kappa shape index (κ2) is 6.39. The Bertz CT molecular complexity index is 765. The van der Waals surface area contributed by atoms with E-state index >= 15 is 0 Å². The summed E-state index contributed by atoms with van der Waals surface area (Å²) in [6, 6.07) is 18.9. The molecule has 0 unspecified atom stereocenters. The molecule has 0 saturated heterocycles. The van der Waals surface area contributed by atoms with Crippen LogP contribution in [0, 0.1) is 0 Å². The molecule has 0 bridgehead atoms. The molecule has 1 aromatic heterocycles. The first-order chi connectivity index (χ1) is 10.7. The fraction of sp³-hybridized carbons (Fsp3) is 0.158. The van der Waals surface area contributed by atoms with E-state index < -0.39 is 0 Å². The molecule has 0 N–H and O–H groups in total. The van der Waals surface area contributed by atoms with Crippen molar-refractivity contribution in [2.75, 3.05) is 0 Å². The summed E-state index contributed by atoms with van der Waals surface area (Å²) in [6.45, 7) is 2.17. The summed E-state index contributed by atoms with van der Waals surface area (Å²) >= 11 is 0. The van der Waals surface area contributed by atoms with Gasteiger partial charge in [-0.15, -0.1) is 0 Å². The molecule has 3 rings (SSSR count). The van der Waals surface area contributed by atoms with Gasteiger partial charge in [-0.3, -0.25) is 9.67 Å². The van der Waals surface area contributed by atoms with E-state index in [1.165, 1.54) is 16.7 Å². The highest BCUT2D eigenvalue weighted by Crippen LogP contribution is 2.23. The van der Waals surface area contributed by atoms with Crippen LogP contribution in [0.2, 0.25) is 0 Å². The Morgan fingerprint density at radius 1 is 0.955 bits per heavy atom. The second-order valence-corrected chi connectivity index (χ2v) is 5.27. The molecule has 0 aliphatic carbocycles. The van der Waals surface area contributed by atoms with Crippen LogP contribution in [0.25, 0.3) is 11.1 Å². The summed E-state index contributed by atoms with van der Waals surface area (Å²) in [4.78, 5) is 4.45. The zero-order valence-corrected chi connectivity index (χ0v) is 12.9. The van der Waals surface area contributed by atoms with Crippen molar-refractivity contribution < 1.29 is 0 Å². The Labute approximate surface area is 131 Å². The van der Waals surface area contributed by atoms with Crippen LogP contribution in [-0.4, -0.2) is 16.0 Å². The Morgan fingerprint density at radius 2 is 1.59 bits per heavy atom. The molecule has 1 heterocycles. The molecule has 3 nitrogen and oxygen atoms in total. The van der Waals surface area contributed by atoms with Crippen molar-refractivity contribution in [3.63, 3.8) is 0 Å². The van der Waals surface area contributed by atoms with Crippen molar-refractivity contribution in [2.24, 2.45) is 12.0 Å². The van der Waals surface area contributed by atoms with Gasteiger partial charge in [-0.05, 0) is 41.3 Å². The van der Waals surface area contributed by atoms with Gasteiger partial charge in [0, 0.05) is 13.2 Å². The summed E-state index contributed by atoms with van der Waals surface area (Å²) < 4.78 is 1.77. The Hall–Kier alpha value is -2.68. The molecule has 0 aliphatic rings. The number of hydrogen-bond donors (Lipinski definition) is 0. The number of hydrogen-bond acceptors (Lipinski definition) is 2. The molecule has 0 atom stereocenters. The van der Waals surface area contributed by atoms with Crippen molar-refractivity contribution in [3.8, 4) is 11.1 Å². The van der Waals surface area contributed by atoms with E-state index in [4.69, 9.17) is 0 Å². The van der Waals surface area contributed by atoms with Gasteiger partial charge in [0.05, 0.1) is 11.9 Å². The zero-order valence-electron chi connectivity index (χ0n) is 12.9. The van der Waals surface area contributed by atoms with Gasteiger partial charge in [-0.2, -0.15) is 5.10 Å². The molecule has 0 aliphatic heterocycles. The average Bonchev–Trinajstić information content (AvgIpc) is 2.99. The van der Waals surface area contributed by atoms with Gasteiger partial charge in [-0.1, -0.05) is 43.3 Å². The van der Waals surface area contributed by atoms with Crippen LogP contribution in [0.3, 0.4) is 0 Å². The quantitative estimate of drug-likeness (QED) is 0.655. The number of nitrogens with zero attached hydrogens (tertiary/aromatic N) is 3. The summed E-state index contributed by atoms with van der Waals surface area (Å²) in [5.74, 6) is 0. The topological polar surface area (TPSA) is 30.2 Å². The number of aromatic nitrogens is 2. The number of aryl methyl sites for hydroxylation is 2. The highest BCUT2D eigenvalue weighted by Gasteiger charge is 1.98. The predicted octanol–water partition coefficient (Wildman–Crippen LogP) is 4.40. The van der Waals surface area contributed by atoms with Gasteiger partial charge < -0.3 is 0 Å². The van der Waals surface area contributed by atoms with Crippen LogP contribution in [0.15, 0.2) is 65.8 Å². The largest absolute Gasteiger partial charge is 0.275 e. The van der Waals surface area contributed by atoms with Gasteiger partial charge in [0.25, 0.3) is 0 Å². The molecule has 22 heavy (non-hydrogen) atoms. The first kappa shape index (κ1) is 14.3. The van der Waals surface area contributed by atoms with Crippen molar-refractivity contribution in [2.45, 2.75) is 13.3 Å². The van der Waals surface area contributed by atoms with Crippen LogP contribution >= 0.6 is 0 Å². The van der Waals surface area contributed by atoms with E-state index in [0.29, 0.717) is 0 Å². The lowest BCUT2D eigenvalue weighted by atomic mass is 10.0. The second-order valence-electron chi connectivity index (χ2n) is 5.27. The fourth-order valence-electron chi connectivity index (χ4n) is 2.32. The molecule has 2 aromatic carbocycles. The Kier molecular flexibility index (Phi) is 4.15. The first-order valence-electron chi connectivity index (χ1n) is 7.47. The lowest BCUT2D eigenvalue weighted by molar-refractivity contribution is 0.765. The van der Waals surface area contributed by atoms with Crippen molar-refractivity contribution >= 4 is 11.9 Å². The molecule has 0 radical (unpaired) electrons. The number of benzene rings is 2. The Balaban J connectivity index is 1.75.